The van der Waals surface area contributed by atoms with Gasteiger partial charge in [0.1, 0.15) is 5.60 Å². The van der Waals surface area contributed by atoms with E-state index in [4.69, 9.17) is 4.74 Å². The minimum absolute atomic E-state index is 0.138. The number of hydrogen-bond donors (Lipinski definition) is 0. The summed E-state index contributed by atoms with van der Waals surface area (Å²) < 4.78 is 5.95. The standard InChI is InChI=1S/C16H25NO2/c1-11(10-17(2)3)15(18)19-16-7-12-4-13(8-16)6-14(5-12)9-16/h12-14H,1,4-10H2,2-3H3. The van der Waals surface area contributed by atoms with Crippen LogP contribution in [-0.4, -0.2) is 37.1 Å². The number of nitrogens with zero attached hydrogens (tertiary/aromatic N) is 1. The second kappa shape index (κ2) is 4.62. The van der Waals surface area contributed by atoms with E-state index in [1.165, 1.54) is 19.3 Å². The molecule has 0 radical (unpaired) electrons. The molecule has 0 atom stereocenters. The average Bonchev–Trinajstić information content (AvgIpc) is 2.24. The van der Waals surface area contributed by atoms with Crippen molar-refractivity contribution < 1.29 is 9.53 Å². The van der Waals surface area contributed by atoms with Gasteiger partial charge in [0.05, 0.1) is 0 Å². The van der Waals surface area contributed by atoms with Crippen LogP contribution in [0.2, 0.25) is 0 Å². The highest BCUT2D eigenvalue weighted by Gasteiger charge is 2.53. The molecule has 4 bridgehead atoms. The molecule has 3 heteroatoms. The lowest BCUT2D eigenvalue weighted by molar-refractivity contribution is -0.182. The number of rotatable bonds is 4. The van der Waals surface area contributed by atoms with Gasteiger partial charge in [0.2, 0.25) is 0 Å². The highest BCUT2D eigenvalue weighted by atomic mass is 16.6. The van der Waals surface area contributed by atoms with Crippen LogP contribution >= 0.6 is 0 Å². The second-order valence-electron chi connectivity index (χ2n) is 7.33. The number of likely N-dealkylation sites (N-methyl/N-ethyl adjacent to an activating group) is 1. The molecule has 0 aromatic rings. The second-order valence-corrected chi connectivity index (χ2v) is 7.33. The van der Waals surface area contributed by atoms with E-state index < -0.39 is 0 Å². The zero-order chi connectivity index (χ0) is 13.6. The van der Waals surface area contributed by atoms with E-state index in [1.807, 2.05) is 19.0 Å². The summed E-state index contributed by atoms with van der Waals surface area (Å²) in [4.78, 5) is 14.2. The van der Waals surface area contributed by atoms with Gasteiger partial charge in [0.25, 0.3) is 0 Å². The van der Waals surface area contributed by atoms with Crippen LogP contribution in [0.4, 0.5) is 0 Å². The van der Waals surface area contributed by atoms with Gasteiger partial charge < -0.3 is 9.64 Å². The number of carbonyl (C=O) groups is 1. The maximum Gasteiger partial charge on any atom is 0.335 e. The number of carbonyl (C=O) groups excluding carboxylic acids is 1. The lowest BCUT2D eigenvalue weighted by atomic mass is 9.54. The summed E-state index contributed by atoms with van der Waals surface area (Å²) >= 11 is 0. The van der Waals surface area contributed by atoms with E-state index in [2.05, 4.69) is 6.58 Å². The molecule has 0 aromatic carbocycles. The molecule has 4 saturated carbocycles. The van der Waals surface area contributed by atoms with Gasteiger partial charge in [-0.15, -0.1) is 0 Å². The molecule has 0 amide bonds. The van der Waals surface area contributed by atoms with Gasteiger partial charge in [0.15, 0.2) is 0 Å². The summed E-state index contributed by atoms with van der Waals surface area (Å²) in [7, 11) is 3.90. The topological polar surface area (TPSA) is 29.5 Å². The van der Waals surface area contributed by atoms with Crippen molar-refractivity contribution in [2.24, 2.45) is 17.8 Å². The fourth-order valence-corrected chi connectivity index (χ4v) is 4.87. The molecule has 4 aliphatic rings. The molecule has 0 N–H and O–H groups in total. The Morgan fingerprint density at radius 1 is 1.16 bits per heavy atom. The third kappa shape index (κ3) is 2.58. The van der Waals surface area contributed by atoms with Crippen LogP contribution in [0.25, 0.3) is 0 Å². The first-order valence-electron chi connectivity index (χ1n) is 7.52. The molecular weight excluding hydrogens is 238 g/mol. The first kappa shape index (κ1) is 13.2. The Labute approximate surface area is 116 Å². The Morgan fingerprint density at radius 3 is 2.05 bits per heavy atom. The molecule has 0 heterocycles. The monoisotopic (exact) mass is 263 g/mol. The third-order valence-corrected chi connectivity index (χ3v) is 5.09. The Kier molecular flexibility index (Phi) is 3.20. The van der Waals surface area contributed by atoms with Crippen LogP contribution in [0, 0.1) is 17.8 Å². The van der Waals surface area contributed by atoms with E-state index in [0.29, 0.717) is 12.1 Å². The van der Waals surface area contributed by atoms with Crippen LogP contribution in [0.5, 0.6) is 0 Å². The van der Waals surface area contributed by atoms with Gasteiger partial charge >= 0.3 is 5.97 Å². The van der Waals surface area contributed by atoms with Gasteiger partial charge in [-0.1, -0.05) is 6.58 Å². The Bertz CT molecular complexity index is 364. The molecule has 0 aromatic heterocycles. The maximum atomic E-state index is 12.2. The third-order valence-electron chi connectivity index (χ3n) is 5.09. The van der Waals surface area contributed by atoms with Crippen LogP contribution in [0.1, 0.15) is 38.5 Å². The summed E-state index contributed by atoms with van der Waals surface area (Å²) in [6.07, 6.45) is 7.40. The zero-order valence-electron chi connectivity index (χ0n) is 12.2. The molecule has 0 saturated heterocycles. The van der Waals surface area contributed by atoms with Gasteiger partial charge in [-0.3, -0.25) is 0 Å². The summed E-state index contributed by atoms with van der Waals surface area (Å²) in [5.41, 5.74) is 0.446. The summed E-state index contributed by atoms with van der Waals surface area (Å²) in [5, 5.41) is 0. The van der Waals surface area contributed by atoms with Gasteiger partial charge in [-0.05, 0) is 70.4 Å². The van der Waals surface area contributed by atoms with Gasteiger partial charge in [-0.25, -0.2) is 4.79 Å². The maximum absolute atomic E-state index is 12.2. The molecule has 0 aliphatic heterocycles. The fraction of sp³-hybridized carbons (Fsp3) is 0.812. The smallest absolute Gasteiger partial charge is 0.335 e. The van der Waals surface area contributed by atoms with Crippen molar-refractivity contribution in [2.45, 2.75) is 44.1 Å². The van der Waals surface area contributed by atoms with Gasteiger partial charge in [0, 0.05) is 12.1 Å². The van der Waals surface area contributed by atoms with Crippen molar-refractivity contribution in [3.63, 3.8) is 0 Å². The highest BCUT2D eigenvalue weighted by molar-refractivity contribution is 5.88. The molecule has 19 heavy (non-hydrogen) atoms. The summed E-state index contributed by atoms with van der Waals surface area (Å²) in [5.74, 6) is 2.25. The van der Waals surface area contributed by atoms with Gasteiger partial charge in [-0.2, -0.15) is 0 Å². The summed E-state index contributed by atoms with van der Waals surface area (Å²) in [6.45, 7) is 4.47. The quantitative estimate of drug-likeness (QED) is 0.577. The van der Waals surface area contributed by atoms with Crippen molar-refractivity contribution in [1.29, 1.82) is 0 Å². The molecule has 0 unspecified atom stereocenters. The first-order valence-corrected chi connectivity index (χ1v) is 7.52. The van der Waals surface area contributed by atoms with Crippen LogP contribution in [0.15, 0.2) is 12.2 Å². The molecular formula is C16H25NO2. The average molecular weight is 263 g/mol. The van der Waals surface area contributed by atoms with E-state index >= 15 is 0 Å². The molecule has 4 aliphatic carbocycles. The van der Waals surface area contributed by atoms with Crippen molar-refractivity contribution >= 4 is 5.97 Å². The van der Waals surface area contributed by atoms with E-state index in [-0.39, 0.29) is 11.6 Å². The lowest BCUT2D eigenvalue weighted by Crippen LogP contribution is -2.53. The van der Waals surface area contributed by atoms with Crippen LogP contribution in [0.3, 0.4) is 0 Å². The minimum Gasteiger partial charge on any atom is -0.456 e. The van der Waals surface area contributed by atoms with Crippen molar-refractivity contribution in [2.75, 3.05) is 20.6 Å². The van der Waals surface area contributed by atoms with E-state index in [9.17, 15) is 4.79 Å². The molecule has 4 fully saturated rings. The first-order chi connectivity index (χ1) is 8.96. The van der Waals surface area contributed by atoms with Crippen LogP contribution < -0.4 is 0 Å². The van der Waals surface area contributed by atoms with Crippen molar-refractivity contribution in [1.82, 2.24) is 4.90 Å². The fourth-order valence-electron chi connectivity index (χ4n) is 4.87. The zero-order valence-corrected chi connectivity index (χ0v) is 12.2. The summed E-state index contributed by atoms with van der Waals surface area (Å²) in [6, 6.07) is 0. The van der Waals surface area contributed by atoms with E-state index in [1.54, 1.807) is 0 Å². The molecule has 4 rings (SSSR count). The Morgan fingerprint density at radius 2 is 1.63 bits per heavy atom. The molecule has 106 valence electrons. The SMILES string of the molecule is C=C(CN(C)C)C(=O)OC12CC3CC(CC(C3)C1)C2. The lowest BCUT2D eigenvalue weighted by Gasteiger charge is -2.55. The predicted octanol–water partition coefficient (Wildman–Crippen LogP) is 2.62. The Hall–Kier alpha value is -0.830. The van der Waals surface area contributed by atoms with E-state index in [0.717, 1.165) is 37.0 Å². The number of hydrogen-bond acceptors (Lipinski definition) is 3. The largest absolute Gasteiger partial charge is 0.456 e. The molecule has 0 spiro atoms. The highest BCUT2D eigenvalue weighted by Crippen LogP contribution is 2.57. The predicted molar refractivity (Wildman–Crippen MR) is 74.7 cm³/mol. The number of esters is 1. The number of ether oxygens (including phenoxy) is 1. The van der Waals surface area contributed by atoms with Crippen molar-refractivity contribution in [3.05, 3.63) is 12.2 Å². The Balaban J connectivity index is 1.66. The normalized spacial score (nSPS) is 39.6. The molecule has 3 nitrogen and oxygen atoms in total. The van der Waals surface area contributed by atoms with Crippen LogP contribution in [-0.2, 0) is 9.53 Å². The minimum atomic E-state index is -0.171. The van der Waals surface area contributed by atoms with Crippen molar-refractivity contribution in [3.8, 4) is 0 Å².